The average Bonchev–Trinajstić information content (AvgIpc) is 2.80. The summed E-state index contributed by atoms with van der Waals surface area (Å²) >= 11 is 0. The van der Waals surface area contributed by atoms with E-state index < -0.39 is 5.41 Å². The van der Waals surface area contributed by atoms with Gasteiger partial charge in [-0.1, -0.05) is 67.6 Å². The second-order valence-corrected chi connectivity index (χ2v) is 9.59. The molecule has 1 aliphatic rings. The maximum absolute atomic E-state index is 12.8. The molecule has 0 radical (unpaired) electrons. The van der Waals surface area contributed by atoms with Crippen molar-refractivity contribution in [3.05, 3.63) is 71.8 Å². The van der Waals surface area contributed by atoms with E-state index in [1.165, 1.54) is 0 Å². The van der Waals surface area contributed by atoms with Crippen molar-refractivity contribution in [3.8, 4) is 0 Å². The van der Waals surface area contributed by atoms with Crippen molar-refractivity contribution in [1.82, 2.24) is 0 Å². The van der Waals surface area contributed by atoms with Crippen LogP contribution in [0.2, 0.25) is 0 Å². The first kappa shape index (κ1) is 24.5. The van der Waals surface area contributed by atoms with Gasteiger partial charge < -0.3 is 14.2 Å². The lowest BCUT2D eigenvalue weighted by Gasteiger charge is -2.37. The van der Waals surface area contributed by atoms with Crippen LogP contribution in [-0.2, 0) is 19.0 Å². The van der Waals surface area contributed by atoms with Crippen molar-refractivity contribution < 1.29 is 19.0 Å². The molecule has 4 nitrogen and oxygen atoms in total. The van der Waals surface area contributed by atoms with E-state index >= 15 is 0 Å². The Morgan fingerprint density at radius 2 is 1.22 bits per heavy atom. The molecular weight excluding hydrogens is 400 g/mol. The fourth-order valence-electron chi connectivity index (χ4n) is 4.12. The Kier molecular flexibility index (Phi) is 8.50. The minimum absolute atomic E-state index is 0.0325. The fraction of sp³-hybridized carbons (Fsp3) is 0.536. The number of esters is 1. The molecule has 4 heteroatoms. The molecule has 2 aromatic carbocycles. The van der Waals surface area contributed by atoms with E-state index in [4.69, 9.17) is 14.2 Å². The molecule has 0 saturated heterocycles. The van der Waals surface area contributed by atoms with Crippen LogP contribution in [0.15, 0.2) is 60.7 Å². The molecule has 4 unspecified atom stereocenters. The quantitative estimate of drug-likeness (QED) is 0.403. The van der Waals surface area contributed by atoms with E-state index in [1.54, 1.807) is 0 Å². The minimum atomic E-state index is -0.487. The number of carbonyl (C=O) groups is 1. The number of benzene rings is 2. The van der Waals surface area contributed by atoms with Crippen LogP contribution in [0.25, 0.3) is 0 Å². The van der Waals surface area contributed by atoms with Crippen molar-refractivity contribution in [2.24, 2.45) is 5.41 Å². The van der Waals surface area contributed by atoms with Gasteiger partial charge in [-0.05, 0) is 45.2 Å². The van der Waals surface area contributed by atoms with Gasteiger partial charge in [0.25, 0.3) is 0 Å². The van der Waals surface area contributed by atoms with Gasteiger partial charge in [-0.15, -0.1) is 0 Å². The molecule has 0 aliphatic heterocycles. The zero-order valence-electron chi connectivity index (χ0n) is 20.1. The minimum Gasteiger partial charge on any atom is -0.462 e. The van der Waals surface area contributed by atoms with Gasteiger partial charge in [0.2, 0.25) is 0 Å². The summed E-state index contributed by atoms with van der Waals surface area (Å²) in [5.41, 5.74) is 1.81. The molecule has 0 amide bonds. The van der Waals surface area contributed by atoms with Gasteiger partial charge in [-0.25, -0.2) is 0 Å². The standard InChI is InChI=1S/C28H38O4/c1-6-28(4,5)27(29)32-26-18-24(30-20(2)22-13-9-7-10-14-22)17-25(19-26)31-21(3)23-15-11-8-12-16-23/h7-16,20-21,24-26H,6,17-19H2,1-5H3. The second-order valence-electron chi connectivity index (χ2n) is 9.59. The van der Waals surface area contributed by atoms with Gasteiger partial charge in [-0.3, -0.25) is 4.79 Å². The highest BCUT2D eigenvalue weighted by molar-refractivity contribution is 5.76. The van der Waals surface area contributed by atoms with E-state index in [1.807, 2.05) is 57.2 Å². The first-order chi connectivity index (χ1) is 15.3. The van der Waals surface area contributed by atoms with Crippen LogP contribution in [0.1, 0.15) is 83.6 Å². The zero-order valence-corrected chi connectivity index (χ0v) is 20.1. The van der Waals surface area contributed by atoms with E-state index in [0.29, 0.717) is 12.8 Å². The Labute approximate surface area is 193 Å². The van der Waals surface area contributed by atoms with E-state index in [9.17, 15) is 4.79 Å². The smallest absolute Gasteiger partial charge is 0.311 e. The summed E-state index contributed by atoms with van der Waals surface area (Å²) in [6.45, 7) is 10.1. The van der Waals surface area contributed by atoms with Crippen LogP contribution in [0.5, 0.6) is 0 Å². The predicted octanol–water partition coefficient (Wildman–Crippen LogP) is 6.81. The van der Waals surface area contributed by atoms with Gasteiger partial charge in [0.1, 0.15) is 6.10 Å². The molecule has 174 valence electrons. The van der Waals surface area contributed by atoms with Crippen molar-refractivity contribution in [2.45, 2.75) is 90.8 Å². The van der Waals surface area contributed by atoms with Gasteiger partial charge in [0.15, 0.2) is 0 Å². The Bertz CT molecular complexity index is 778. The first-order valence-corrected chi connectivity index (χ1v) is 11.9. The normalized spacial score (nSPS) is 23.3. The Morgan fingerprint density at radius 3 is 1.62 bits per heavy atom. The molecule has 2 aromatic rings. The van der Waals surface area contributed by atoms with Crippen LogP contribution in [0.3, 0.4) is 0 Å². The van der Waals surface area contributed by atoms with Crippen LogP contribution in [0, 0.1) is 5.41 Å². The third-order valence-electron chi connectivity index (χ3n) is 6.62. The summed E-state index contributed by atoms with van der Waals surface area (Å²) in [5.74, 6) is -0.142. The Hall–Kier alpha value is -2.17. The summed E-state index contributed by atoms with van der Waals surface area (Å²) in [7, 11) is 0. The van der Waals surface area contributed by atoms with Crippen LogP contribution in [0.4, 0.5) is 0 Å². The van der Waals surface area contributed by atoms with E-state index in [2.05, 4.69) is 38.1 Å². The maximum atomic E-state index is 12.8. The van der Waals surface area contributed by atoms with Gasteiger partial charge in [-0.2, -0.15) is 0 Å². The lowest BCUT2D eigenvalue weighted by Crippen LogP contribution is -2.41. The SMILES string of the molecule is CCC(C)(C)C(=O)OC1CC(OC(C)c2ccccc2)CC(OC(C)c2ccccc2)C1. The average molecular weight is 439 g/mol. The van der Waals surface area contributed by atoms with Crippen molar-refractivity contribution in [3.63, 3.8) is 0 Å². The number of rotatable bonds is 9. The highest BCUT2D eigenvalue weighted by atomic mass is 16.6. The molecule has 32 heavy (non-hydrogen) atoms. The zero-order chi connectivity index (χ0) is 23.1. The third kappa shape index (κ3) is 6.66. The first-order valence-electron chi connectivity index (χ1n) is 11.9. The van der Waals surface area contributed by atoms with Crippen LogP contribution >= 0.6 is 0 Å². The molecule has 0 aromatic heterocycles. The molecular formula is C28H38O4. The lowest BCUT2D eigenvalue weighted by atomic mass is 9.89. The Balaban J connectivity index is 1.70. The summed E-state index contributed by atoms with van der Waals surface area (Å²) in [4.78, 5) is 12.8. The molecule has 1 saturated carbocycles. The van der Waals surface area contributed by atoms with Gasteiger partial charge in [0, 0.05) is 19.3 Å². The third-order valence-corrected chi connectivity index (χ3v) is 6.62. The molecule has 0 heterocycles. The largest absolute Gasteiger partial charge is 0.462 e. The molecule has 0 N–H and O–H groups in total. The van der Waals surface area contributed by atoms with Gasteiger partial charge in [0.05, 0.1) is 29.8 Å². The summed E-state index contributed by atoms with van der Waals surface area (Å²) < 4.78 is 18.9. The number of hydrogen-bond acceptors (Lipinski definition) is 4. The van der Waals surface area contributed by atoms with Crippen LogP contribution < -0.4 is 0 Å². The van der Waals surface area contributed by atoms with Crippen LogP contribution in [-0.4, -0.2) is 24.3 Å². The van der Waals surface area contributed by atoms with Gasteiger partial charge >= 0.3 is 5.97 Å². The lowest BCUT2D eigenvalue weighted by molar-refractivity contribution is -0.172. The van der Waals surface area contributed by atoms with E-state index in [-0.39, 0.29) is 36.5 Å². The number of hydrogen-bond donors (Lipinski definition) is 0. The number of carbonyl (C=O) groups excluding carboxylic acids is 1. The van der Waals surface area contributed by atoms with Crippen molar-refractivity contribution in [2.75, 3.05) is 0 Å². The highest BCUT2D eigenvalue weighted by Crippen LogP contribution is 2.34. The van der Waals surface area contributed by atoms with Crippen molar-refractivity contribution >= 4 is 5.97 Å². The summed E-state index contributed by atoms with van der Waals surface area (Å²) in [6.07, 6.45) is 2.59. The summed E-state index contributed by atoms with van der Waals surface area (Å²) in [5, 5.41) is 0. The highest BCUT2D eigenvalue weighted by Gasteiger charge is 2.37. The molecule has 0 bridgehead atoms. The second kappa shape index (κ2) is 11.1. The molecule has 1 fully saturated rings. The Morgan fingerprint density at radius 1 is 0.812 bits per heavy atom. The number of ether oxygens (including phenoxy) is 3. The fourth-order valence-corrected chi connectivity index (χ4v) is 4.12. The molecule has 0 spiro atoms. The molecule has 3 rings (SSSR count). The predicted molar refractivity (Wildman–Crippen MR) is 127 cm³/mol. The molecule has 4 atom stereocenters. The monoisotopic (exact) mass is 438 g/mol. The summed E-state index contributed by atoms with van der Waals surface area (Å²) in [6, 6.07) is 20.5. The topological polar surface area (TPSA) is 44.8 Å². The maximum Gasteiger partial charge on any atom is 0.311 e. The van der Waals surface area contributed by atoms with E-state index in [0.717, 1.165) is 24.0 Å². The van der Waals surface area contributed by atoms with Crippen molar-refractivity contribution in [1.29, 1.82) is 0 Å². The molecule has 1 aliphatic carbocycles.